The summed E-state index contributed by atoms with van der Waals surface area (Å²) in [4.78, 5) is 13.8. The highest BCUT2D eigenvalue weighted by molar-refractivity contribution is 7.12. The lowest BCUT2D eigenvalue weighted by atomic mass is 10.1. The molecule has 1 heterocycles. The van der Waals surface area contributed by atoms with E-state index in [0.29, 0.717) is 11.4 Å². The van der Waals surface area contributed by atoms with Crippen LogP contribution in [-0.2, 0) is 0 Å². The Morgan fingerprint density at radius 3 is 2.57 bits per heavy atom. The third-order valence-corrected chi connectivity index (χ3v) is 4.36. The largest absolute Gasteiger partial charge is 0.497 e. The van der Waals surface area contributed by atoms with Crippen LogP contribution >= 0.6 is 11.3 Å². The number of hydrogen-bond acceptors (Lipinski definition) is 4. The number of anilines is 1. The minimum atomic E-state index is -0.953. The molecule has 1 aromatic carbocycles. The summed E-state index contributed by atoms with van der Waals surface area (Å²) in [5.74, 6) is -0.321. The van der Waals surface area contributed by atoms with Gasteiger partial charge in [-0.25, -0.2) is 4.79 Å². The molecule has 0 radical (unpaired) electrons. The molecule has 0 aliphatic rings. The summed E-state index contributed by atoms with van der Waals surface area (Å²) in [6, 6.07) is 7.09. The predicted octanol–water partition coefficient (Wildman–Crippen LogP) is 4.24. The maximum Gasteiger partial charge on any atom is 0.337 e. The molecule has 2 N–H and O–H groups in total. The van der Waals surface area contributed by atoms with Gasteiger partial charge < -0.3 is 15.2 Å². The van der Waals surface area contributed by atoms with E-state index in [2.05, 4.69) is 25.2 Å². The summed E-state index contributed by atoms with van der Waals surface area (Å²) in [7, 11) is 1.56. The average molecular weight is 305 g/mol. The monoisotopic (exact) mass is 305 g/mol. The quantitative estimate of drug-likeness (QED) is 0.867. The summed E-state index contributed by atoms with van der Waals surface area (Å²) in [6.07, 6.45) is 0. The molecule has 0 aliphatic heterocycles. The number of nitrogens with one attached hydrogen (secondary N) is 1. The van der Waals surface area contributed by atoms with Crippen molar-refractivity contribution in [2.24, 2.45) is 0 Å². The molecule has 0 amide bonds. The molecule has 21 heavy (non-hydrogen) atoms. The van der Waals surface area contributed by atoms with E-state index < -0.39 is 5.97 Å². The van der Waals surface area contributed by atoms with Gasteiger partial charge in [0.2, 0.25) is 0 Å². The van der Waals surface area contributed by atoms with Crippen LogP contribution in [0.5, 0.6) is 5.75 Å². The van der Waals surface area contributed by atoms with Gasteiger partial charge in [0.05, 0.1) is 18.4 Å². The topological polar surface area (TPSA) is 58.6 Å². The molecule has 1 atom stereocenters. The second kappa shape index (κ2) is 6.18. The molecule has 2 rings (SSSR count). The molecule has 2 aromatic rings. The van der Waals surface area contributed by atoms with E-state index in [9.17, 15) is 9.90 Å². The minimum Gasteiger partial charge on any atom is -0.497 e. The first-order valence-corrected chi connectivity index (χ1v) is 7.48. The molecule has 0 spiro atoms. The highest BCUT2D eigenvalue weighted by Gasteiger charge is 2.16. The van der Waals surface area contributed by atoms with E-state index in [-0.39, 0.29) is 11.6 Å². The molecular formula is C16H19NO3S. The van der Waals surface area contributed by atoms with Gasteiger partial charge in [0, 0.05) is 21.9 Å². The third kappa shape index (κ3) is 3.36. The smallest absolute Gasteiger partial charge is 0.337 e. The van der Waals surface area contributed by atoms with Crippen molar-refractivity contribution in [2.75, 3.05) is 12.4 Å². The fourth-order valence-electron chi connectivity index (χ4n) is 2.35. The van der Waals surface area contributed by atoms with Crippen LogP contribution in [0.1, 0.15) is 38.6 Å². The van der Waals surface area contributed by atoms with Crippen molar-refractivity contribution in [3.8, 4) is 5.75 Å². The lowest BCUT2D eigenvalue weighted by Crippen LogP contribution is -2.11. The van der Waals surface area contributed by atoms with Crippen molar-refractivity contribution in [1.29, 1.82) is 0 Å². The van der Waals surface area contributed by atoms with E-state index >= 15 is 0 Å². The number of hydrogen-bond donors (Lipinski definition) is 2. The van der Waals surface area contributed by atoms with E-state index in [0.717, 1.165) is 0 Å². The van der Waals surface area contributed by atoms with Gasteiger partial charge in [0.25, 0.3) is 0 Å². The van der Waals surface area contributed by atoms with Crippen molar-refractivity contribution < 1.29 is 14.6 Å². The van der Waals surface area contributed by atoms with Crippen molar-refractivity contribution in [2.45, 2.75) is 26.8 Å². The van der Waals surface area contributed by atoms with Crippen LogP contribution < -0.4 is 10.1 Å². The van der Waals surface area contributed by atoms with Crippen LogP contribution in [-0.4, -0.2) is 18.2 Å². The minimum absolute atomic E-state index is 0.0279. The molecule has 0 aliphatic carbocycles. The molecule has 4 nitrogen and oxygen atoms in total. The van der Waals surface area contributed by atoms with Gasteiger partial charge in [-0.05, 0) is 44.5 Å². The molecule has 5 heteroatoms. The molecule has 1 unspecified atom stereocenters. The van der Waals surface area contributed by atoms with Gasteiger partial charge in [0.15, 0.2) is 0 Å². The first kappa shape index (κ1) is 15.4. The molecule has 112 valence electrons. The SMILES string of the molecule is COc1ccc(C(=O)O)c(NC(C)c2cc(C)sc2C)c1. The Hall–Kier alpha value is -2.01. The standard InChI is InChI=1S/C16H19NO3S/c1-9-7-14(11(3)21-9)10(2)17-15-8-12(20-4)5-6-13(15)16(18)19/h5-8,10,17H,1-4H3,(H,18,19). The third-order valence-electron chi connectivity index (χ3n) is 3.38. The number of benzene rings is 1. The maximum absolute atomic E-state index is 11.3. The fraction of sp³-hybridized carbons (Fsp3) is 0.312. The van der Waals surface area contributed by atoms with Gasteiger partial charge in [0.1, 0.15) is 5.75 Å². The summed E-state index contributed by atoms with van der Waals surface area (Å²) in [5, 5.41) is 12.6. The van der Waals surface area contributed by atoms with Crippen LogP contribution in [0.25, 0.3) is 0 Å². The first-order chi connectivity index (χ1) is 9.92. The van der Waals surface area contributed by atoms with Crippen molar-refractivity contribution in [1.82, 2.24) is 0 Å². The predicted molar refractivity (Wildman–Crippen MR) is 85.8 cm³/mol. The van der Waals surface area contributed by atoms with Crippen molar-refractivity contribution in [3.63, 3.8) is 0 Å². The Morgan fingerprint density at radius 1 is 1.33 bits per heavy atom. The first-order valence-electron chi connectivity index (χ1n) is 6.67. The van der Waals surface area contributed by atoms with Crippen molar-refractivity contribution >= 4 is 23.0 Å². The number of rotatable bonds is 5. The van der Waals surface area contributed by atoms with Crippen LogP contribution in [0, 0.1) is 13.8 Å². The van der Waals surface area contributed by atoms with Gasteiger partial charge in [-0.15, -0.1) is 11.3 Å². The zero-order chi connectivity index (χ0) is 15.6. The number of aromatic carboxylic acids is 1. The molecule has 0 fully saturated rings. The van der Waals surface area contributed by atoms with E-state index in [1.165, 1.54) is 15.3 Å². The number of aryl methyl sites for hydroxylation is 2. The van der Waals surface area contributed by atoms with E-state index in [4.69, 9.17) is 4.74 Å². The summed E-state index contributed by atoms with van der Waals surface area (Å²) < 4.78 is 5.17. The summed E-state index contributed by atoms with van der Waals surface area (Å²) in [5.41, 5.74) is 2.00. The normalized spacial score (nSPS) is 12.0. The number of methoxy groups -OCH3 is 1. The molecule has 0 saturated heterocycles. The summed E-state index contributed by atoms with van der Waals surface area (Å²) >= 11 is 1.75. The van der Waals surface area contributed by atoms with Crippen LogP contribution in [0.15, 0.2) is 24.3 Å². The second-order valence-corrected chi connectivity index (χ2v) is 6.41. The van der Waals surface area contributed by atoms with Crippen LogP contribution in [0.3, 0.4) is 0 Å². The van der Waals surface area contributed by atoms with Crippen molar-refractivity contribution in [3.05, 3.63) is 45.1 Å². The Balaban J connectivity index is 2.33. The molecular weight excluding hydrogens is 286 g/mol. The zero-order valence-corrected chi connectivity index (χ0v) is 13.4. The van der Waals surface area contributed by atoms with Gasteiger partial charge in [-0.2, -0.15) is 0 Å². The van der Waals surface area contributed by atoms with Gasteiger partial charge in [-0.3, -0.25) is 0 Å². The van der Waals surface area contributed by atoms with Crippen LogP contribution in [0.4, 0.5) is 5.69 Å². The number of carbonyl (C=O) groups is 1. The molecule has 1 aromatic heterocycles. The Bertz CT molecular complexity index is 664. The van der Waals surface area contributed by atoms with Crippen LogP contribution in [0.2, 0.25) is 0 Å². The maximum atomic E-state index is 11.3. The van der Waals surface area contributed by atoms with Gasteiger partial charge in [-0.1, -0.05) is 0 Å². The number of thiophene rings is 1. The highest BCUT2D eigenvalue weighted by atomic mass is 32.1. The summed E-state index contributed by atoms with van der Waals surface area (Å²) in [6.45, 7) is 6.18. The number of ether oxygens (including phenoxy) is 1. The Morgan fingerprint density at radius 2 is 2.05 bits per heavy atom. The number of carboxylic acid groups (broad SMARTS) is 1. The Labute approximate surface area is 128 Å². The zero-order valence-electron chi connectivity index (χ0n) is 12.6. The number of carboxylic acids is 1. The highest BCUT2D eigenvalue weighted by Crippen LogP contribution is 2.31. The Kier molecular flexibility index (Phi) is 4.53. The lowest BCUT2D eigenvalue weighted by molar-refractivity contribution is 0.0698. The average Bonchev–Trinajstić information content (AvgIpc) is 2.77. The van der Waals surface area contributed by atoms with E-state index in [1.807, 2.05) is 6.92 Å². The second-order valence-electron chi connectivity index (χ2n) is 4.95. The fourth-order valence-corrected chi connectivity index (χ4v) is 3.37. The van der Waals surface area contributed by atoms with Gasteiger partial charge >= 0.3 is 5.97 Å². The molecule has 0 saturated carbocycles. The van der Waals surface area contributed by atoms with E-state index in [1.54, 1.807) is 36.6 Å². The lowest BCUT2D eigenvalue weighted by Gasteiger charge is -2.18. The molecule has 0 bridgehead atoms.